The quantitative estimate of drug-likeness (QED) is 0.815. The molecule has 2 N–H and O–H groups in total. The number of phenolic OH excluding ortho intramolecular Hbond substituents is 1. The minimum absolute atomic E-state index is 0.228. The van der Waals surface area contributed by atoms with Gasteiger partial charge in [0.05, 0.1) is 13.2 Å². The van der Waals surface area contributed by atoms with Crippen molar-refractivity contribution in [1.29, 1.82) is 0 Å². The van der Waals surface area contributed by atoms with Crippen molar-refractivity contribution < 1.29 is 9.84 Å². The predicted molar refractivity (Wildman–Crippen MR) is 66.4 cm³/mol. The van der Waals surface area contributed by atoms with Gasteiger partial charge in [0.2, 0.25) is 0 Å². The Hall–Kier alpha value is -1.66. The van der Waals surface area contributed by atoms with Crippen molar-refractivity contribution in [3.05, 3.63) is 29.0 Å². The Morgan fingerprint density at radius 1 is 1.41 bits per heavy atom. The van der Waals surface area contributed by atoms with E-state index in [1.807, 2.05) is 4.57 Å². The van der Waals surface area contributed by atoms with Gasteiger partial charge >= 0.3 is 0 Å². The van der Waals surface area contributed by atoms with E-state index in [4.69, 9.17) is 17.0 Å². The summed E-state index contributed by atoms with van der Waals surface area (Å²) in [7, 11) is 1.64. The summed E-state index contributed by atoms with van der Waals surface area (Å²) in [6, 6.07) is 6.83. The number of H-pyrrole nitrogens is 1. The van der Waals surface area contributed by atoms with Gasteiger partial charge in [-0.2, -0.15) is 5.10 Å². The number of nitrogens with one attached hydrogen (secondary N) is 1. The molecule has 0 fully saturated rings. The van der Waals surface area contributed by atoms with Crippen LogP contribution in [0, 0.1) is 4.77 Å². The van der Waals surface area contributed by atoms with Crippen molar-refractivity contribution in [2.24, 2.45) is 0 Å². The maximum absolute atomic E-state index is 9.24. The zero-order chi connectivity index (χ0) is 12.3. The number of ether oxygens (including phenoxy) is 1. The molecule has 0 unspecified atom stereocenters. The third-order valence-corrected chi connectivity index (χ3v) is 2.71. The van der Waals surface area contributed by atoms with Crippen LogP contribution in [0.1, 0.15) is 0 Å². The molecule has 2 rings (SSSR count). The number of aromatic nitrogens is 3. The monoisotopic (exact) mass is 251 g/mol. The first kappa shape index (κ1) is 11.8. The fourth-order valence-corrected chi connectivity index (χ4v) is 1.76. The molecule has 0 saturated heterocycles. The molecule has 90 valence electrons. The number of methoxy groups -OCH3 is 1. The van der Waals surface area contributed by atoms with Crippen molar-refractivity contribution in [2.75, 3.05) is 13.7 Å². The van der Waals surface area contributed by atoms with Crippen LogP contribution in [0.3, 0.4) is 0 Å². The van der Waals surface area contributed by atoms with Crippen LogP contribution in [-0.4, -0.2) is 33.6 Å². The summed E-state index contributed by atoms with van der Waals surface area (Å²) in [6.07, 6.45) is 0. The molecule has 0 bridgehead atoms. The van der Waals surface area contributed by atoms with Crippen molar-refractivity contribution in [3.63, 3.8) is 0 Å². The van der Waals surface area contributed by atoms with Crippen LogP contribution >= 0.6 is 12.2 Å². The van der Waals surface area contributed by atoms with Gasteiger partial charge in [0.15, 0.2) is 10.6 Å². The smallest absolute Gasteiger partial charge is 0.195 e. The molecule has 0 aliphatic carbocycles. The molecule has 0 atom stereocenters. The van der Waals surface area contributed by atoms with E-state index in [1.165, 1.54) is 0 Å². The molecule has 0 aliphatic rings. The number of nitrogens with zero attached hydrogens (tertiary/aromatic N) is 2. The number of aromatic amines is 1. The lowest BCUT2D eigenvalue weighted by molar-refractivity contribution is 0.187. The summed E-state index contributed by atoms with van der Waals surface area (Å²) in [5, 5.41) is 16.2. The Balaban J connectivity index is 2.38. The molecule has 0 radical (unpaired) electrons. The highest BCUT2D eigenvalue weighted by molar-refractivity contribution is 7.71. The zero-order valence-electron chi connectivity index (χ0n) is 9.38. The summed E-state index contributed by atoms with van der Waals surface area (Å²) in [6.45, 7) is 1.21. The third-order valence-electron chi connectivity index (χ3n) is 2.40. The number of hydrogen-bond acceptors (Lipinski definition) is 4. The molecule has 1 aromatic heterocycles. The number of aromatic hydroxyl groups is 1. The Labute approximate surface area is 104 Å². The second-order valence-corrected chi connectivity index (χ2v) is 3.93. The molecule has 17 heavy (non-hydrogen) atoms. The van der Waals surface area contributed by atoms with Gasteiger partial charge in [-0.3, -0.25) is 9.67 Å². The number of rotatable bonds is 4. The summed E-state index contributed by atoms with van der Waals surface area (Å²) < 4.78 is 7.46. The average Bonchev–Trinajstić information content (AvgIpc) is 2.69. The highest BCUT2D eigenvalue weighted by Gasteiger charge is 2.08. The topological polar surface area (TPSA) is 63.1 Å². The molecule has 0 amide bonds. The molecular weight excluding hydrogens is 238 g/mol. The van der Waals surface area contributed by atoms with E-state index in [0.29, 0.717) is 17.9 Å². The van der Waals surface area contributed by atoms with E-state index in [0.717, 1.165) is 11.4 Å². The Morgan fingerprint density at radius 2 is 2.12 bits per heavy atom. The molecule has 2 aromatic rings. The van der Waals surface area contributed by atoms with Crippen molar-refractivity contribution >= 4 is 12.2 Å². The van der Waals surface area contributed by atoms with Gasteiger partial charge in [-0.05, 0) is 36.5 Å². The summed E-state index contributed by atoms with van der Waals surface area (Å²) in [4.78, 5) is 0. The normalized spacial score (nSPS) is 10.6. The van der Waals surface area contributed by atoms with E-state index in [-0.39, 0.29) is 5.75 Å². The van der Waals surface area contributed by atoms with Gasteiger partial charge in [-0.1, -0.05) is 0 Å². The molecule has 5 nitrogen and oxygen atoms in total. The van der Waals surface area contributed by atoms with Crippen molar-refractivity contribution in [2.45, 2.75) is 6.54 Å². The number of benzene rings is 1. The van der Waals surface area contributed by atoms with Crippen LogP contribution < -0.4 is 0 Å². The molecular formula is C11H13N3O2S. The molecule has 0 aliphatic heterocycles. The molecule has 0 saturated carbocycles. The van der Waals surface area contributed by atoms with Crippen LogP contribution in [0.15, 0.2) is 24.3 Å². The second-order valence-electron chi connectivity index (χ2n) is 3.54. The lowest BCUT2D eigenvalue weighted by Gasteiger charge is -2.05. The maximum atomic E-state index is 9.24. The van der Waals surface area contributed by atoms with Crippen LogP contribution in [0.2, 0.25) is 0 Å². The first-order chi connectivity index (χ1) is 8.22. The van der Waals surface area contributed by atoms with Gasteiger partial charge in [0.25, 0.3) is 0 Å². The van der Waals surface area contributed by atoms with E-state index in [1.54, 1.807) is 31.4 Å². The maximum Gasteiger partial charge on any atom is 0.195 e. The minimum atomic E-state index is 0.228. The fourth-order valence-electron chi connectivity index (χ4n) is 1.54. The highest BCUT2D eigenvalue weighted by Crippen LogP contribution is 2.20. The first-order valence-electron chi connectivity index (χ1n) is 5.16. The van der Waals surface area contributed by atoms with Crippen LogP contribution in [0.25, 0.3) is 11.4 Å². The molecule has 1 heterocycles. The second kappa shape index (κ2) is 5.11. The molecule has 6 heteroatoms. The summed E-state index contributed by atoms with van der Waals surface area (Å²) in [5.74, 6) is 0.971. The van der Waals surface area contributed by atoms with Gasteiger partial charge in [0.1, 0.15) is 5.75 Å². The average molecular weight is 251 g/mol. The lowest BCUT2D eigenvalue weighted by atomic mass is 10.2. The molecule has 0 spiro atoms. The molecule has 1 aromatic carbocycles. The SMILES string of the molecule is COCCn1c(-c2ccc(O)cc2)n[nH]c1=S. The third kappa shape index (κ3) is 2.54. The minimum Gasteiger partial charge on any atom is -0.508 e. The van der Waals surface area contributed by atoms with Crippen LogP contribution in [0.4, 0.5) is 0 Å². The van der Waals surface area contributed by atoms with Gasteiger partial charge < -0.3 is 9.84 Å². The summed E-state index contributed by atoms with van der Waals surface area (Å²) >= 11 is 5.15. The zero-order valence-corrected chi connectivity index (χ0v) is 10.2. The van der Waals surface area contributed by atoms with Gasteiger partial charge in [-0.25, -0.2) is 0 Å². The van der Waals surface area contributed by atoms with E-state index in [2.05, 4.69) is 10.2 Å². The number of phenols is 1. The van der Waals surface area contributed by atoms with E-state index >= 15 is 0 Å². The largest absolute Gasteiger partial charge is 0.508 e. The van der Waals surface area contributed by atoms with Crippen LogP contribution in [-0.2, 0) is 11.3 Å². The fraction of sp³-hybridized carbons (Fsp3) is 0.273. The van der Waals surface area contributed by atoms with Crippen molar-refractivity contribution in [3.8, 4) is 17.1 Å². The Bertz CT molecular complexity index is 545. The first-order valence-corrected chi connectivity index (χ1v) is 5.56. The van der Waals surface area contributed by atoms with Crippen molar-refractivity contribution in [1.82, 2.24) is 14.8 Å². The van der Waals surface area contributed by atoms with E-state index in [9.17, 15) is 5.11 Å². The Morgan fingerprint density at radius 3 is 2.76 bits per heavy atom. The predicted octanol–water partition coefficient (Wildman–Crippen LogP) is 1.96. The highest BCUT2D eigenvalue weighted by atomic mass is 32.1. The summed E-state index contributed by atoms with van der Waals surface area (Å²) in [5.41, 5.74) is 0.895. The van der Waals surface area contributed by atoms with E-state index < -0.39 is 0 Å². The van der Waals surface area contributed by atoms with Crippen LogP contribution in [0.5, 0.6) is 5.75 Å². The Kier molecular flexibility index (Phi) is 3.55. The number of hydrogen-bond donors (Lipinski definition) is 2. The lowest BCUT2D eigenvalue weighted by Crippen LogP contribution is -2.06. The standard InChI is InChI=1S/C11H13N3O2S/c1-16-7-6-14-10(12-13-11(14)17)8-2-4-9(15)5-3-8/h2-5,15H,6-7H2,1H3,(H,13,17). The van der Waals surface area contributed by atoms with Gasteiger partial charge in [0, 0.05) is 12.7 Å². The van der Waals surface area contributed by atoms with Gasteiger partial charge in [-0.15, -0.1) is 0 Å².